The van der Waals surface area contributed by atoms with Crippen molar-refractivity contribution in [2.75, 3.05) is 47.4 Å². The number of methoxy groups -OCH3 is 1. The van der Waals surface area contributed by atoms with Gasteiger partial charge in [-0.05, 0) is 24.3 Å². The van der Waals surface area contributed by atoms with Gasteiger partial charge in [0.15, 0.2) is 5.96 Å². The molecule has 9 heteroatoms. The summed E-state index contributed by atoms with van der Waals surface area (Å²) in [5, 5.41) is 8.77. The number of carbonyl (C=O) groups excluding carboxylic acids is 2. The highest BCUT2D eigenvalue weighted by Crippen LogP contribution is 2.12. The largest absolute Gasteiger partial charge is 0.384 e. The van der Waals surface area contributed by atoms with Gasteiger partial charge in [0.2, 0.25) is 11.8 Å². The van der Waals surface area contributed by atoms with Gasteiger partial charge in [-0.1, -0.05) is 6.07 Å². The molecule has 0 aromatic carbocycles. The van der Waals surface area contributed by atoms with E-state index in [9.17, 15) is 9.59 Å². The van der Waals surface area contributed by atoms with Gasteiger partial charge >= 0.3 is 0 Å². The molecule has 1 aromatic rings. The van der Waals surface area contributed by atoms with E-state index in [0.29, 0.717) is 25.5 Å². The van der Waals surface area contributed by atoms with E-state index in [1.165, 1.54) is 9.78 Å². The molecule has 1 aliphatic rings. The molecule has 2 amide bonds. The maximum absolute atomic E-state index is 12.1. The van der Waals surface area contributed by atoms with Gasteiger partial charge in [-0.15, -0.1) is 11.3 Å². The quantitative estimate of drug-likeness (QED) is 0.492. The van der Waals surface area contributed by atoms with E-state index in [2.05, 4.69) is 21.7 Å². The number of aliphatic imine (C=N–C) groups is 1. The number of rotatable bonds is 8. The van der Waals surface area contributed by atoms with Crippen LogP contribution in [0.15, 0.2) is 22.5 Å². The molecule has 1 aromatic heterocycles. The molecule has 0 spiro atoms. The molecule has 0 aliphatic carbocycles. The molecule has 2 heterocycles. The Morgan fingerprint density at radius 2 is 2.11 bits per heavy atom. The van der Waals surface area contributed by atoms with Crippen LogP contribution in [-0.2, 0) is 20.9 Å². The van der Waals surface area contributed by atoms with E-state index in [1.54, 1.807) is 32.5 Å². The fraction of sp³-hybridized carbons (Fsp3) is 0.632. The van der Waals surface area contributed by atoms with Crippen LogP contribution in [-0.4, -0.2) is 81.1 Å². The Hall–Kier alpha value is -2.13. The first-order valence-electron chi connectivity index (χ1n) is 9.53. The van der Waals surface area contributed by atoms with Crippen molar-refractivity contribution in [3.63, 3.8) is 0 Å². The highest BCUT2D eigenvalue weighted by atomic mass is 32.1. The molecular formula is C19H31N5O3S. The predicted octanol–water partition coefficient (Wildman–Crippen LogP) is 0.899. The lowest BCUT2D eigenvalue weighted by atomic mass is 10.0. The Balaban J connectivity index is 1.87. The van der Waals surface area contributed by atoms with Crippen molar-refractivity contribution >= 4 is 29.1 Å². The summed E-state index contributed by atoms with van der Waals surface area (Å²) in [5.74, 6) is 0.727. The Morgan fingerprint density at radius 1 is 1.36 bits per heavy atom. The summed E-state index contributed by atoms with van der Waals surface area (Å²) in [4.78, 5) is 33.1. The second-order valence-electron chi connectivity index (χ2n) is 6.93. The first-order chi connectivity index (χ1) is 13.5. The van der Waals surface area contributed by atoms with Crippen molar-refractivity contribution in [2.45, 2.75) is 31.8 Å². The van der Waals surface area contributed by atoms with Crippen molar-refractivity contribution in [1.29, 1.82) is 0 Å². The monoisotopic (exact) mass is 409 g/mol. The Kier molecular flexibility index (Phi) is 9.22. The van der Waals surface area contributed by atoms with Crippen LogP contribution in [0.1, 0.15) is 24.1 Å². The Bertz CT molecular complexity index is 640. The van der Waals surface area contributed by atoms with Crippen LogP contribution >= 0.6 is 11.3 Å². The summed E-state index contributed by atoms with van der Waals surface area (Å²) in [5.41, 5.74) is 0. The van der Waals surface area contributed by atoms with E-state index in [-0.39, 0.29) is 24.4 Å². The molecule has 2 N–H and O–H groups in total. The van der Waals surface area contributed by atoms with E-state index in [0.717, 1.165) is 25.9 Å². The molecule has 0 saturated carbocycles. The van der Waals surface area contributed by atoms with Gasteiger partial charge in [0.25, 0.3) is 0 Å². The lowest BCUT2D eigenvalue weighted by molar-refractivity contribution is -0.133. The standard InChI is InChI=1S/C19H31N5O3S/c1-23(2)18(26)14-21-19(20-13-16-5-4-12-28-16)22-15-6-9-24(10-7-15)17(25)8-11-27-3/h4-5,12,15H,6-11,13-14H2,1-3H3,(H2,20,21,22). The second-order valence-corrected chi connectivity index (χ2v) is 7.96. The number of guanidine groups is 1. The number of likely N-dealkylation sites (N-methyl/N-ethyl adjacent to an activating group) is 1. The van der Waals surface area contributed by atoms with Crippen molar-refractivity contribution < 1.29 is 14.3 Å². The molecule has 0 unspecified atom stereocenters. The number of nitrogens with zero attached hydrogens (tertiary/aromatic N) is 3. The van der Waals surface area contributed by atoms with Crippen molar-refractivity contribution in [2.24, 2.45) is 4.99 Å². The number of ether oxygens (including phenoxy) is 1. The topological polar surface area (TPSA) is 86.3 Å². The lowest BCUT2D eigenvalue weighted by Crippen LogP contribution is -2.50. The van der Waals surface area contributed by atoms with Crippen LogP contribution in [0.5, 0.6) is 0 Å². The molecule has 156 valence electrons. The van der Waals surface area contributed by atoms with Crippen LogP contribution < -0.4 is 10.6 Å². The zero-order valence-corrected chi connectivity index (χ0v) is 17.8. The lowest BCUT2D eigenvalue weighted by Gasteiger charge is -2.33. The normalized spacial score (nSPS) is 15.4. The third-order valence-electron chi connectivity index (χ3n) is 4.59. The van der Waals surface area contributed by atoms with E-state index < -0.39 is 0 Å². The summed E-state index contributed by atoms with van der Waals surface area (Å²) in [6.45, 7) is 2.65. The molecule has 28 heavy (non-hydrogen) atoms. The van der Waals surface area contributed by atoms with Crippen LogP contribution in [0.25, 0.3) is 0 Å². The predicted molar refractivity (Wildman–Crippen MR) is 111 cm³/mol. The highest BCUT2D eigenvalue weighted by molar-refractivity contribution is 7.09. The van der Waals surface area contributed by atoms with E-state index in [1.807, 2.05) is 16.3 Å². The molecular weight excluding hydrogens is 378 g/mol. The number of carbonyl (C=O) groups is 2. The first-order valence-corrected chi connectivity index (χ1v) is 10.4. The number of hydrogen-bond donors (Lipinski definition) is 2. The molecule has 0 radical (unpaired) electrons. The number of thiophene rings is 1. The van der Waals surface area contributed by atoms with Crippen molar-refractivity contribution in [3.8, 4) is 0 Å². The molecule has 1 aliphatic heterocycles. The smallest absolute Gasteiger partial charge is 0.243 e. The van der Waals surface area contributed by atoms with Crippen molar-refractivity contribution in [3.05, 3.63) is 22.4 Å². The Labute approximate surface area is 170 Å². The van der Waals surface area contributed by atoms with Gasteiger partial charge in [0.05, 0.1) is 19.6 Å². The number of amides is 2. The van der Waals surface area contributed by atoms with Crippen LogP contribution in [0.4, 0.5) is 0 Å². The summed E-state index contributed by atoms with van der Waals surface area (Å²) in [7, 11) is 5.05. The average molecular weight is 410 g/mol. The third kappa shape index (κ3) is 7.47. The van der Waals surface area contributed by atoms with Gasteiger partial charge in [0, 0.05) is 45.2 Å². The fourth-order valence-electron chi connectivity index (χ4n) is 2.84. The molecule has 0 bridgehead atoms. The highest BCUT2D eigenvalue weighted by Gasteiger charge is 2.23. The molecule has 1 saturated heterocycles. The van der Waals surface area contributed by atoms with Crippen LogP contribution in [0.2, 0.25) is 0 Å². The number of nitrogens with one attached hydrogen (secondary N) is 2. The number of likely N-dealkylation sites (tertiary alicyclic amines) is 1. The van der Waals surface area contributed by atoms with Crippen LogP contribution in [0.3, 0.4) is 0 Å². The number of piperidine rings is 1. The van der Waals surface area contributed by atoms with Gasteiger partial charge in [-0.3, -0.25) is 9.59 Å². The minimum Gasteiger partial charge on any atom is -0.384 e. The minimum absolute atomic E-state index is 0.0456. The van der Waals surface area contributed by atoms with Crippen LogP contribution in [0, 0.1) is 0 Å². The van der Waals surface area contributed by atoms with E-state index >= 15 is 0 Å². The minimum atomic E-state index is -0.0456. The molecule has 0 atom stereocenters. The van der Waals surface area contributed by atoms with Crippen molar-refractivity contribution in [1.82, 2.24) is 20.4 Å². The molecule has 8 nitrogen and oxygen atoms in total. The van der Waals surface area contributed by atoms with Gasteiger partial charge in [-0.2, -0.15) is 0 Å². The van der Waals surface area contributed by atoms with Gasteiger partial charge in [0.1, 0.15) is 6.54 Å². The summed E-state index contributed by atoms with van der Waals surface area (Å²) in [6, 6.07) is 4.29. The zero-order valence-electron chi connectivity index (χ0n) is 16.9. The van der Waals surface area contributed by atoms with E-state index in [4.69, 9.17) is 4.74 Å². The maximum atomic E-state index is 12.1. The maximum Gasteiger partial charge on any atom is 0.243 e. The summed E-state index contributed by atoms with van der Waals surface area (Å²) < 4.78 is 4.98. The van der Waals surface area contributed by atoms with Gasteiger partial charge < -0.3 is 25.2 Å². The third-order valence-corrected chi connectivity index (χ3v) is 5.47. The Morgan fingerprint density at radius 3 is 2.71 bits per heavy atom. The number of hydrogen-bond acceptors (Lipinski definition) is 5. The average Bonchev–Trinajstić information content (AvgIpc) is 3.22. The summed E-state index contributed by atoms with van der Waals surface area (Å²) in [6.07, 6.45) is 2.12. The summed E-state index contributed by atoms with van der Waals surface area (Å²) >= 11 is 1.68. The zero-order chi connectivity index (χ0) is 20.4. The first kappa shape index (κ1) is 22.2. The fourth-order valence-corrected chi connectivity index (χ4v) is 3.48. The SMILES string of the molecule is COCCC(=O)N1CCC(NC(=NCC(=O)N(C)C)NCc2cccs2)CC1. The second kappa shape index (κ2) is 11.7. The molecule has 1 fully saturated rings. The molecule has 2 rings (SSSR count). The van der Waals surface area contributed by atoms with Gasteiger partial charge in [-0.25, -0.2) is 4.99 Å².